The summed E-state index contributed by atoms with van der Waals surface area (Å²) in [7, 11) is 0. The minimum absolute atomic E-state index is 0.0564. The molecule has 1 fully saturated rings. The van der Waals surface area contributed by atoms with Crippen LogP contribution in [-0.2, 0) is 4.79 Å². The highest BCUT2D eigenvalue weighted by molar-refractivity contribution is 6.32. The summed E-state index contributed by atoms with van der Waals surface area (Å²) < 4.78 is 0. The van der Waals surface area contributed by atoms with Gasteiger partial charge in [0.05, 0.1) is 22.2 Å². The Kier molecular flexibility index (Phi) is 4.86. The lowest BCUT2D eigenvalue weighted by Crippen LogP contribution is -2.44. The second-order valence-electron chi connectivity index (χ2n) is 7.12. The van der Waals surface area contributed by atoms with E-state index < -0.39 is 0 Å². The number of nitrogens with zero attached hydrogens (tertiary/aromatic N) is 3. The topological polar surface area (TPSA) is 69.0 Å². The van der Waals surface area contributed by atoms with Crippen molar-refractivity contribution in [3.8, 4) is 6.07 Å². The van der Waals surface area contributed by atoms with Gasteiger partial charge in [0.15, 0.2) is 0 Å². The molecule has 0 radical (unpaired) electrons. The maximum Gasteiger partial charge on any atom is 0.225 e. The molecule has 2 rings (SSSR count). The molecule has 1 N–H and O–H groups in total. The molecule has 5 nitrogen and oxygen atoms in total. The Balaban J connectivity index is 2.23. The Bertz CT molecular complexity index is 673. The number of amides is 1. The van der Waals surface area contributed by atoms with Crippen molar-refractivity contribution in [1.29, 1.82) is 5.26 Å². The summed E-state index contributed by atoms with van der Waals surface area (Å²) in [6, 6.07) is 2.20. The molecule has 1 aromatic heterocycles. The van der Waals surface area contributed by atoms with Gasteiger partial charge in [0.2, 0.25) is 5.91 Å². The highest BCUT2D eigenvalue weighted by Crippen LogP contribution is 2.32. The summed E-state index contributed by atoms with van der Waals surface area (Å²) >= 11 is 6.20. The molecule has 1 aliphatic rings. The first-order chi connectivity index (χ1) is 10.6. The van der Waals surface area contributed by atoms with Crippen LogP contribution in [0.15, 0.2) is 0 Å². The quantitative estimate of drug-likeness (QED) is 0.902. The van der Waals surface area contributed by atoms with Crippen LogP contribution in [0.25, 0.3) is 0 Å². The van der Waals surface area contributed by atoms with E-state index in [4.69, 9.17) is 11.6 Å². The summed E-state index contributed by atoms with van der Waals surface area (Å²) in [6.07, 6.45) is 0.759. The van der Waals surface area contributed by atoms with Gasteiger partial charge in [0.1, 0.15) is 11.9 Å². The fourth-order valence-corrected chi connectivity index (χ4v) is 2.95. The van der Waals surface area contributed by atoms with Crippen LogP contribution in [0.4, 0.5) is 5.82 Å². The molecule has 0 aliphatic carbocycles. The number of hydrogen-bond acceptors (Lipinski definition) is 4. The number of aryl methyl sites for hydroxylation is 1. The summed E-state index contributed by atoms with van der Waals surface area (Å²) in [5.74, 6) is 0.609. The zero-order valence-corrected chi connectivity index (χ0v) is 15.1. The van der Waals surface area contributed by atoms with Crippen LogP contribution >= 0.6 is 11.6 Å². The average molecular weight is 335 g/mol. The van der Waals surface area contributed by atoms with Crippen molar-refractivity contribution in [2.24, 2.45) is 5.92 Å². The van der Waals surface area contributed by atoms with Crippen LogP contribution in [0, 0.1) is 31.1 Å². The van der Waals surface area contributed by atoms with Crippen molar-refractivity contribution in [2.75, 3.05) is 18.0 Å². The number of hydrogen-bond donors (Lipinski definition) is 1. The molecule has 1 unspecified atom stereocenters. The smallest absolute Gasteiger partial charge is 0.225 e. The van der Waals surface area contributed by atoms with Crippen LogP contribution in [0.5, 0.6) is 0 Å². The maximum atomic E-state index is 12.3. The predicted molar refractivity (Wildman–Crippen MR) is 91.7 cm³/mol. The maximum absolute atomic E-state index is 12.3. The minimum atomic E-state index is -0.242. The monoisotopic (exact) mass is 334 g/mol. The number of nitriles is 1. The van der Waals surface area contributed by atoms with Crippen LogP contribution in [-0.4, -0.2) is 29.5 Å². The third kappa shape index (κ3) is 3.76. The zero-order chi connectivity index (χ0) is 17.4. The number of aromatic nitrogens is 1. The molecule has 0 aromatic carbocycles. The lowest BCUT2D eigenvalue weighted by molar-refractivity contribution is -0.125. The number of anilines is 1. The molecule has 0 bridgehead atoms. The summed E-state index contributed by atoms with van der Waals surface area (Å²) in [4.78, 5) is 18.8. The van der Waals surface area contributed by atoms with Crippen LogP contribution in [0.3, 0.4) is 0 Å². The predicted octanol–water partition coefficient (Wildman–Crippen LogP) is 2.96. The molecule has 1 amide bonds. The third-order valence-corrected chi connectivity index (χ3v) is 4.54. The van der Waals surface area contributed by atoms with Crippen molar-refractivity contribution >= 4 is 23.3 Å². The van der Waals surface area contributed by atoms with Crippen molar-refractivity contribution in [2.45, 2.75) is 46.6 Å². The van der Waals surface area contributed by atoms with E-state index in [1.54, 1.807) is 0 Å². The number of pyridine rings is 1. The van der Waals surface area contributed by atoms with Gasteiger partial charge in [-0.3, -0.25) is 4.79 Å². The largest absolute Gasteiger partial charge is 0.355 e. The summed E-state index contributed by atoms with van der Waals surface area (Å²) in [6.45, 7) is 10.9. The van der Waals surface area contributed by atoms with Crippen molar-refractivity contribution in [3.05, 3.63) is 21.8 Å². The summed E-state index contributed by atoms with van der Waals surface area (Å²) in [5.41, 5.74) is 1.71. The van der Waals surface area contributed by atoms with E-state index in [2.05, 4.69) is 16.4 Å². The van der Waals surface area contributed by atoms with Gasteiger partial charge in [-0.15, -0.1) is 0 Å². The number of halogens is 1. The van der Waals surface area contributed by atoms with Crippen molar-refractivity contribution < 1.29 is 4.79 Å². The fraction of sp³-hybridized carbons (Fsp3) is 0.588. The average Bonchev–Trinajstić information content (AvgIpc) is 2.92. The van der Waals surface area contributed by atoms with E-state index in [-0.39, 0.29) is 17.4 Å². The standard InChI is InChI=1S/C17H23ClN4O/c1-10-13(8-19)15(20-11(2)14(10)18)22-7-6-12(9-22)16(23)21-17(3,4)5/h12H,6-7,9H2,1-5H3,(H,21,23). The number of rotatable bonds is 2. The van der Waals surface area contributed by atoms with E-state index in [9.17, 15) is 10.1 Å². The van der Waals surface area contributed by atoms with Gasteiger partial charge in [-0.1, -0.05) is 11.6 Å². The van der Waals surface area contributed by atoms with Gasteiger partial charge in [0.25, 0.3) is 0 Å². The minimum Gasteiger partial charge on any atom is -0.355 e. The molecule has 0 saturated carbocycles. The molecule has 1 saturated heterocycles. The van der Waals surface area contributed by atoms with E-state index >= 15 is 0 Å². The van der Waals surface area contributed by atoms with Crippen LogP contribution < -0.4 is 10.2 Å². The van der Waals surface area contributed by atoms with Crippen LogP contribution in [0.1, 0.15) is 44.0 Å². The van der Waals surface area contributed by atoms with Crippen LogP contribution in [0.2, 0.25) is 5.02 Å². The van der Waals surface area contributed by atoms with Gasteiger partial charge >= 0.3 is 0 Å². The molecule has 2 heterocycles. The Labute approximate surface area is 142 Å². The number of nitrogens with one attached hydrogen (secondary N) is 1. The van der Waals surface area contributed by atoms with Crippen molar-refractivity contribution in [1.82, 2.24) is 10.3 Å². The Hall–Kier alpha value is -1.80. The van der Waals surface area contributed by atoms with Crippen molar-refractivity contribution in [3.63, 3.8) is 0 Å². The lowest BCUT2D eigenvalue weighted by Gasteiger charge is -2.24. The second-order valence-corrected chi connectivity index (χ2v) is 7.50. The van der Waals surface area contributed by atoms with E-state index in [1.807, 2.05) is 39.5 Å². The molecule has 6 heteroatoms. The molecular weight excluding hydrogens is 312 g/mol. The SMILES string of the molecule is Cc1nc(N2CCC(C(=O)NC(C)(C)C)C2)c(C#N)c(C)c1Cl. The first-order valence-electron chi connectivity index (χ1n) is 7.78. The van der Waals surface area contributed by atoms with Gasteiger partial charge in [-0.25, -0.2) is 4.98 Å². The first-order valence-corrected chi connectivity index (χ1v) is 8.15. The molecule has 0 spiro atoms. The molecule has 124 valence electrons. The highest BCUT2D eigenvalue weighted by Gasteiger charge is 2.32. The number of carbonyl (C=O) groups is 1. The molecule has 1 aromatic rings. The Morgan fingerprint density at radius 1 is 1.43 bits per heavy atom. The fourth-order valence-electron chi connectivity index (χ4n) is 2.81. The molecule has 1 atom stereocenters. The molecule has 23 heavy (non-hydrogen) atoms. The van der Waals surface area contributed by atoms with Gasteiger partial charge in [0, 0.05) is 18.6 Å². The van der Waals surface area contributed by atoms with Gasteiger partial charge in [-0.2, -0.15) is 5.26 Å². The van der Waals surface area contributed by atoms with E-state index in [1.165, 1.54) is 0 Å². The first kappa shape index (κ1) is 17.6. The zero-order valence-electron chi connectivity index (χ0n) is 14.3. The molecule has 1 aliphatic heterocycles. The molecular formula is C17H23ClN4O. The van der Waals surface area contributed by atoms with E-state index in [0.717, 1.165) is 12.0 Å². The lowest BCUT2D eigenvalue weighted by atomic mass is 10.0. The van der Waals surface area contributed by atoms with E-state index in [0.29, 0.717) is 35.2 Å². The Morgan fingerprint density at radius 2 is 2.09 bits per heavy atom. The number of carbonyl (C=O) groups excluding carboxylic acids is 1. The third-order valence-electron chi connectivity index (χ3n) is 3.99. The second kappa shape index (κ2) is 6.37. The van der Waals surface area contributed by atoms with Gasteiger partial charge < -0.3 is 10.2 Å². The summed E-state index contributed by atoms with van der Waals surface area (Å²) in [5, 5.41) is 13.0. The highest BCUT2D eigenvalue weighted by atomic mass is 35.5. The van der Waals surface area contributed by atoms with Gasteiger partial charge in [-0.05, 0) is 46.6 Å². The Morgan fingerprint density at radius 3 is 2.65 bits per heavy atom. The normalized spacial score (nSPS) is 18.0.